The number of hydrogen-bond donors (Lipinski definition) is 3. The highest BCUT2D eigenvalue weighted by atomic mass is 35.5. The predicted octanol–water partition coefficient (Wildman–Crippen LogP) is 5.91. The molecule has 4 rings (SSSR count). The first-order valence-corrected chi connectivity index (χ1v) is 18.9. The third-order valence-electron chi connectivity index (χ3n) is 9.16. The number of urea groups is 1. The number of halogens is 1. The molecule has 1 saturated carbocycles. The van der Waals surface area contributed by atoms with Crippen LogP contribution in [0.15, 0.2) is 47.4 Å². The van der Waals surface area contributed by atoms with Gasteiger partial charge in [-0.15, -0.1) is 0 Å². The molecule has 3 N–H and O–H groups in total. The summed E-state index contributed by atoms with van der Waals surface area (Å²) in [6, 6.07) is 9.91. The highest BCUT2D eigenvalue weighted by molar-refractivity contribution is 7.92. The molecule has 0 aromatic heterocycles. The van der Waals surface area contributed by atoms with Crippen molar-refractivity contribution < 1.29 is 32.6 Å². The number of amides is 3. The Balaban J connectivity index is 1.61. The van der Waals surface area contributed by atoms with E-state index in [2.05, 4.69) is 10.0 Å². The van der Waals surface area contributed by atoms with Gasteiger partial charge in [0.2, 0.25) is 0 Å². The summed E-state index contributed by atoms with van der Waals surface area (Å²) in [6.07, 6.45) is 7.14. The number of benzene rings is 2. The van der Waals surface area contributed by atoms with Crippen LogP contribution in [-0.2, 0) is 14.8 Å². The molecule has 11 nitrogen and oxygen atoms in total. The van der Waals surface area contributed by atoms with Gasteiger partial charge in [0.1, 0.15) is 5.75 Å². The van der Waals surface area contributed by atoms with Crippen molar-refractivity contribution in [2.75, 3.05) is 38.1 Å². The summed E-state index contributed by atoms with van der Waals surface area (Å²) in [5.74, 6) is -0.309. The average Bonchev–Trinajstić information content (AvgIpc) is 3.06. The van der Waals surface area contributed by atoms with Crippen LogP contribution in [0.4, 0.5) is 10.5 Å². The molecule has 4 atom stereocenters. The third-order valence-corrected chi connectivity index (χ3v) is 10.8. The van der Waals surface area contributed by atoms with Crippen LogP contribution in [0.2, 0.25) is 5.02 Å². The molecular formula is C35H51ClN4O7S. The molecule has 0 spiro atoms. The van der Waals surface area contributed by atoms with E-state index in [-0.39, 0.29) is 59.5 Å². The van der Waals surface area contributed by atoms with Gasteiger partial charge in [0.05, 0.1) is 35.3 Å². The molecule has 0 unspecified atom stereocenters. The lowest BCUT2D eigenvalue weighted by Gasteiger charge is -2.36. The Morgan fingerprint density at radius 1 is 1.06 bits per heavy atom. The van der Waals surface area contributed by atoms with E-state index in [0.29, 0.717) is 30.3 Å². The number of carbonyl (C=O) groups is 2. The molecule has 2 aromatic carbocycles. The SMILES string of the molecule is C[C@@H]1CCCCO[C@H](CN(C)C(=O)NC2CCCCC2)[C@@H](C)CN([C@H](C)CO)C(=O)c2cc(NS(=O)(=O)c3ccc(Cl)cc3)ccc2O1. The van der Waals surface area contributed by atoms with Crippen LogP contribution in [0.5, 0.6) is 5.75 Å². The zero-order chi connectivity index (χ0) is 34.8. The molecule has 0 radical (unpaired) electrons. The van der Waals surface area contributed by atoms with Crippen molar-refractivity contribution in [3.05, 3.63) is 53.1 Å². The highest BCUT2D eigenvalue weighted by Gasteiger charge is 2.31. The first kappa shape index (κ1) is 37.8. The standard InChI is InChI=1S/C35H51ClN4O7S/c1-24-21-40(25(2)23-41)34(42)31-20-29(38-48(44,45)30-16-13-27(36)14-17-30)15-18-32(31)47-26(3)10-8-9-19-46-33(24)22-39(4)35(43)37-28-11-6-5-7-12-28/h13-18,20,24-26,28,33,38,41H,5-12,19,21-23H2,1-4H3,(H,37,43)/t24-,25+,26+,33+/m0/s1. The first-order chi connectivity index (χ1) is 22.9. The van der Waals surface area contributed by atoms with Crippen LogP contribution in [0.3, 0.4) is 0 Å². The lowest BCUT2D eigenvalue weighted by atomic mass is 9.96. The summed E-state index contributed by atoms with van der Waals surface area (Å²) in [4.78, 5) is 30.7. The minimum Gasteiger partial charge on any atom is -0.490 e. The number of nitrogens with zero attached hydrogens (tertiary/aromatic N) is 2. The van der Waals surface area contributed by atoms with Crippen molar-refractivity contribution in [1.29, 1.82) is 0 Å². The number of carbonyl (C=O) groups excluding carboxylic acids is 2. The maximum Gasteiger partial charge on any atom is 0.317 e. The van der Waals surface area contributed by atoms with Gasteiger partial charge in [-0.05, 0) is 88.4 Å². The zero-order valence-electron chi connectivity index (χ0n) is 28.5. The monoisotopic (exact) mass is 706 g/mol. The summed E-state index contributed by atoms with van der Waals surface area (Å²) < 4.78 is 41.6. The van der Waals surface area contributed by atoms with Crippen molar-refractivity contribution >= 4 is 39.2 Å². The molecule has 1 aliphatic carbocycles. The van der Waals surface area contributed by atoms with Gasteiger partial charge in [-0.25, -0.2) is 13.2 Å². The Hall–Kier alpha value is -3.06. The lowest BCUT2D eigenvalue weighted by molar-refractivity contribution is -0.0123. The number of anilines is 1. The molecule has 266 valence electrons. The zero-order valence-corrected chi connectivity index (χ0v) is 30.1. The fourth-order valence-electron chi connectivity index (χ4n) is 6.16. The maximum absolute atomic E-state index is 14.4. The summed E-state index contributed by atoms with van der Waals surface area (Å²) in [5, 5.41) is 13.8. The first-order valence-electron chi connectivity index (χ1n) is 17.0. The number of ether oxygens (including phenoxy) is 2. The van der Waals surface area contributed by atoms with Gasteiger partial charge in [0.25, 0.3) is 15.9 Å². The molecule has 13 heteroatoms. The highest BCUT2D eigenvalue weighted by Crippen LogP contribution is 2.30. The Kier molecular flexibility index (Phi) is 13.8. The van der Waals surface area contributed by atoms with E-state index in [0.717, 1.165) is 38.5 Å². The average molecular weight is 707 g/mol. The lowest BCUT2D eigenvalue weighted by Crippen LogP contribution is -2.50. The van der Waals surface area contributed by atoms with Gasteiger partial charge in [0.15, 0.2) is 0 Å². The van der Waals surface area contributed by atoms with Crippen LogP contribution in [-0.4, -0.2) is 92.9 Å². The fourth-order valence-corrected chi connectivity index (χ4v) is 7.34. The van der Waals surface area contributed by atoms with E-state index >= 15 is 0 Å². The van der Waals surface area contributed by atoms with Crippen molar-refractivity contribution in [3.63, 3.8) is 0 Å². The number of rotatable bonds is 8. The number of nitrogens with one attached hydrogen (secondary N) is 2. The molecule has 1 fully saturated rings. The van der Waals surface area contributed by atoms with Gasteiger partial charge >= 0.3 is 6.03 Å². The quantitative estimate of drug-likeness (QED) is 0.310. The van der Waals surface area contributed by atoms with E-state index in [1.54, 1.807) is 35.9 Å². The Labute approximate surface area is 290 Å². The second kappa shape index (κ2) is 17.6. The van der Waals surface area contributed by atoms with Crippen LogP contribution in [0, 0.1) is 5.92 Å². The summed E-state index contributed by atoms with van der Waals surface area (Å²) in [7, 11) is -2.22. The second-order valence-corrected chi connectivity index (χ2v) is 15.4. The van der Waals surface area contributed by atoms with Crippen molar-refractivity contribution in [2.24, 2.45) is 5.92 Å². The number of aliphatic hydroxyl groups is 1. The Morgan fingerprint density at radius 2 is 1.75 bits per heavy atom. The number of sulfonamides is 1. The molecular weight excluding hydrogens is 656 g/mol. The molecule has 0 saturated heterocycles. The molecule has 0 bridgehead atoms. The van der Waals surface area contributed by atoms with Crippen molar-refractivity contribution in [3.8, 4) is 5.75 Å². The summed E-state index contributed by atoms with van der Waals surface area (Å²) in [5.41, 5.74) is 0.357. The number of likely N-dealkylation sites (N-methyl/N-ethyl adjacent to an activating group) is 1. The third kappa shape index (κ3) is 10.5. The smallest absolute Gasteiger partial charge is 0.317 e. The predicted molar refractivity (Wildman–Crippen MR) is 187 cm³/mol. The Bertz CT molecular complexity index is 1470. The summed E-state index contributed by atoms with van der Waals surface area (Å²) in [6.45, 7) is 6.42. The molecule has 2 aliphatic rings. The minimum absolute atomic E-state index is 0.0240. The van der Waals surface area contributed by atoms with Crippen LogP contribution in [0.25, 0.3) is 0 Å². The van der Waals surface area contributed by atoms with Crippen LogP contribution < -0.4 is 14.8 Å². The van der Waals surface area contributed by atoms with E-state index < -0.39 is 22.0 Å². The van der Waals surface area contributed by atoms with E-state index in [9.17, 15) is 23.1 Å². The van der Waals surface area contributed by atoms with Gasteiger partial charge < -0.3 is 29.7 Å². The van der Waals surface area contributed by atoms with Gasteiger partial charge in [0, 0.05) is 49.4 Å². The van der Waals surface area contributed by atoms with Crippen molar-refractivity contribution in [2.45, 2.75) is 101 Å². The summed E-state index contributed by atoms with van der Waals surface area (Å²) >= 11 is 5.95. The van der Waals surface area contributed by atoms with Gasteiger partial charge in [-0.1, -0.05) is 37.8 Å². The van der Waals surface area contributed by atoms with E-state index in [4.69, 9.17) is 21.1 Å². The fraction of sp³-hybridized carbons (Fsp3) is 0.600. The molecule has 1 heterocycles. The van der Waals surface area contributed by atoms with Gasteiger partial charge in [-0.3, -0.25) is 9.52 Å². The Morgan fingerprint density at radius 3 is 2.44 bits per heavy atom. The molecule has 1 aliphatic heterocycles. The maximum atomic E-state index is 14.4. The minimum atomic E-state index is -3.98. The van der Waals surface area contributed by atoms with E-state index in [1.165, 1.54) is 36.8 Å². The van der Waals surface area contributed by atoms with Crippen LogP contribution >= 0.6 is 11.6 Å². The van der Waals surface area contributed by atoms with Gasteiger partial charge in [-0.2, -0.15) is 0 Å². The topological polar surface area (TPSA) is 138 Å². The normalized spacial score (nSPS) is 22.5. The number of fused-ring (bicyclic) bond motifs is 1. The largest absolute Gasteiger partial charge is 0.490 e. The number of aliphatic hydroxyl groups excluding tert-OH is 1. The van der Waals surface area contributed by atoms with Crippen LogP contribution in [0.1, 0.15) is 82.5 Å². The van der Waals surface area contributed by atoms with E-state index in [1.807, 2.05) is 13.8 Å². The van der Waals surface area contributed by atoms with Crippen molar-refractivity contribution in [1.82, 2.24) is 15.1 Å². The molecule has 2 aromatic rings. The number of hydrogen-bond acceptors (Lipinski definition) is 7. The second-order valence-electron chi connectivity index (χ2n) is 13.2. The molecule has 3 amide bonds. The molecule has 48 heavy (non-hydrogen) atoms.